The molecule has 0 aromatic heterocycles. The van der Waals surface area contributed by atoms with Crippen LogP contribution in [0.15, 0.2) is 53.1 Å². The van der Waals surface area contributed by atoms with Crippen molar-refractivity contribution in [2.75, 3.05) is 17.4 Å². The van der Waals surface area contributed by atoms with Gasteiger partial charge < -0.3 is 4.90 Å². The minimum Gasteiger partial charge on any atom is -0.344 e. The van der Waals surface area contributed by atoms with Crippen LogP contribution < -0.4 is 4.90 Å². The normalized spacial score (nSPS) is 18.8. The van der Waals surface area contributed by atoms with Crippen LogP contribution in [0.5, 0.6) is 0 Å². The highest BCUT2D eigenvalue weighted by molar-refractivity contribution is 8.03. The molecule has 8 heteroatoms. The average Bonchev–Trinajstić information content (AvgIpc) is 2.75. The van der Waals surface area contributed by atoms with Crippen molar-refractivity contribution in [3.63, 3.8) is 0 Å². The largest absolute Gasteiger partial charge is 0.344 e. The molecule has 4 rings (SSSR count). The maximum Gasteiger partial charge on any atom is 0.269 e. The number of hydrogen-bond donors (Lipinski definition) is 0. The van der Waals surface area contributed by atoms with E-state index >= 15 is 0 Å². The number of thioether (sulfide) groups is 1. The number of amides is 1. The number of rotatable bonds is 3. The predicted molar refractivity (Wildman–Crippen MR) is 116 cm³/mol. The summed E-state index contributed by atoms with van der Waals surface area (Å²) in [6.45, 7) is 4.51. The smallest absolute Gasteiger partial charge is 0.269 e. The first kappa shape index (κ1) is 20.0. The lowest BCUT2D eigenvalue weighted by Crippen LogP contribution is -2.47. The molecule has 0 N–H and O–H groups in total. The zero-order chi connectivity index (χ0) is 21.4. The molecule has 0 unspecified atom stereocenters. The summed E-state index contributed by atoms with van der Waals surface area (Å²) in [7, 11) is 0. The molecule has 1 atom stereocenters. The SMILES string of the molecule is Cc1ccc(N2CSC3=C(C#N)[C@H](c4cccc([N+](=O)[O-])c4)CC(=O)N3C2)cc1C. The van der Waals surface area contributed by atoms with Crippen LogP contribution in [-0.4, -0.2) is 28.3 Å². The fourth-order valence-electron chi connectivity index (χ4n) is 3.79. The van der Waals surface area contributed by atoms with E-state index in [0.717, 1.165) is 5.69 Å². The Hall–Kier alpha value is -3.31. The monoisotopic (exact) mass is 420 g/mol. The molecule has 7 nitrogen and oxygen atoms in total. The molecular weight excluding hydrogens is 400 g/mol. The second-order valence-corrected chi connectivity index (χ2v) is 8.42. The lowest BCUT2D eigenvalue weighted by atomic mass is 9.86. The Morgan fingerprint density at radius 1 is 1.20 bits per heavy atom. The van der Waals surface area contributed by atoms with Gasteiger partial charge in [-0.05, 0) is 42.7 Å². The number of nitriles is 1. The first-order valence-corrected chi connectivity index (χ1v) is 10.5. The molecule has 2 heterocycles. The molecule has 152 valence electrons. The molecule has 2 aliphatic rings. The van der Waals surface area contributed by atoms with Crippen molar-refractivity contribution >= 4 is 29.0 Å². The van der Waals surface area contributed by atoms with Crippen molar-refractivity contribution in [3.05, 3.63) is 79.9 Å². The zero-order valence-corrected chi connectivity index (χ0v) is 17.5. The summed E-state index contributed by atoms with van der Waals surface area (Å²) in [6, 6.07) is 14.7. The number of fused-ring (bicyclic) bond motifs is 1. The number of anilines is 1. The predicted octanol–water partition coefficient (Wildman–Crippen LogP) is 4.43. The lowest BCUT2D eigenvalue weighted by molar-refractivity contribution is -0.384. The van der Waals surface area contributed by atoms with Crippen LogP contribution in [0.4, 0.5) is 11.4 Å². The number of carbonyl (C=O) groups is 1. The van der Waals surface area contributed by atoms with Gasteiger partial charge in [-0.15, -0.1) is 0 Å². The number of aryl methyl sites for hydroxylation is 2. The van der Waals surface area contributed by atoms with Gasteiger partial charge in [-0.3, -0.25) is 19.8 Å². The molecule has 2 aromatic rings. The minimum absolute atomic E-state index is 0.0399. The van der Waals surface area contributed by atoms with E-state index in [4.69, 9.17) is 0 Å². The Morgan fingerprint density at radius 3 is 2.70 bits per heavy atom. The molecule has 2 aromatic carbocycles. The molecule has 1 fully saturated rings. The molecule has 0 aliphatic carbocycles. The Morgan fingerprint density at radius 2 is 2.00 bits per heavy atom. The van der Waals surface area contributed by atoms with Gasteiger partial charge in [0, 0.05) is 30.2 Å². The Bertz CT molecular complexity index is 1120. The fraction of sp³-hybridized carbons (Fsp3) is 0.273. The van der Waals surface area contributed by atoms with Gasteiger partial charge >= 0.3 is 0 Å². The van der Waals surface area contributed by atoms with Gasteiger partial charge in [0.15, 0.2) is 0 Å². The van der Waals surface area contributed by atoms with E-state index in [1.807, 2.05) is 6.07 Å². The van der Waals surface area contributed by atoms with E-state index in [2.05, 4.69) is 36.9 Å². The van der Waals surface area contributed by atoms with Crippen LogP contribution in [0.1, 0.15) is 29.0 Å². The highest BCUT2D eigenvalue weighted by atomic mass is 32.2. The van der Waals surface area contributed by atoms with Crippen molar-refractivity contribution in [2.24, 2.45) is 0 Å². The van der Waals surface area contributed by atoms with E-state index in [1.54, 1.807) is 17.0 Å². The van der Waals surface area contributed by atoms with Crippen LogP contribution in [-0.2, 0) is 4.79 Å². The van der Waals surface area contributed by atoms with Crippen molar-refractivity contribution in [2.45, 2.75) is 26.2 Å². The maximum absolute atomic E-state index is 13.0. The van der Waals surface area contributed by atoms with Gasteiger partial charge in [0.1, 0.15) is 0 Å². The third kappa shape index (κ3) is 3.53. The number of allylic oxidation sites excluding steroid dienone is 1. The van der Waals surface area contributed by atoms with Crippen molar-refractivity contribution in [1.29, 1.82) is 5.26 Å². The summed E-state index contributed by atoms with van der Waals surface area (Å²) < 4.78 is 0. The quantitative estimate of drug-likeness (QED) is 0.539. The summed E-state index contributed by atoms with van der Waals surface area (Å²) in [5, 5.41) is 21.7. The Labute approximate surface area is 178 Å². The van der Waals surface area contributed by atoms with Crippen LogP contribution in [0.3, 0.4) is 0 Å². The molecule has 0 radical (unpaired) electrons. The Balaban J connectivity index is 1.67. The molecule has 0 saturated carbocycles. The van der Waals surface area contributed by atoms with E-state index in [1.165, 1.54) is 35.0 Å². The van der Waals surface area contributed by atoms with E-state index in [-0.39, 0.29) is 18.0 Å². The van der Waals surface area contributed by atoms with Crippen molar-refractivity contribution in [1.82, 2.24) is 4.90 Å². The molecule has 2 aliphatic heterocycles. The molecule has 1 saturated heterocycles. The minimum atomic E-state index is -0.464. The number of benzene rings is 2. The van der Waals surface area contributed by atoms with Gasteiger partial charge in [-0.1, -0.05) is 30.0 Å². The standard InChI is InChI=1S/C22H20N4O3S/c1-14-6-7-17(8-15(14)2)24-12-25-21(27)10-19(20(11-23)22(25)30-13-24)16-4-3-5-18(9-16)26(28)29/h3-9,19H,10,12-13H2,1-2H3/t19-/m0/s1. The van der Waals surface area contributed by atoms with Crippen molar-refractivity contribution in [3.8, 4) is 6.07 Å². The fourth-order valence-corrected chi connectivity index (χ4v) is 4.96. The summed E-state index contributed by atoms with van der Waals surface area (Å²) in [6.07, 6.45) is 0.120. The molecule has 30 heavy (non-hydrogen) atoms. The van der Waals surface area contributed by atoms with Gasteiger partial charge in [0.2, 0.25) is 5.91 Å². The molecular formula is C22H20N4O3S. The van der Waals surface area contributed by atoms with E-state index < -0.39 is 10.8 Å². The first-order chi connectivity index (χ1) is 14.4. The number of nitro benzene ring substituents is 1. The number of hydrogen-bond acceptors (Lipinski definition) is 6. The van der Waals surface area contributed by atoms with Crippen LogP contribution in [0.25, 0.3) is 0 Å². The third-order valence-electron chi connectivity index (χ3n) is 5.63. The van der Waals surface area contributed by atoms with Gasteiger partial charge in [-0.25, -0.2) is 0 Å². The van der Waals surface area contributed by atoms with Gasteiger partial charge in [0.25, 0.3) is 5.69 Å². The van der Waals surface area contributed by atoms with E-state index in [0.29, 0.717) is 28.7 Å². The third-order valence-corrected chi connectivity index (χ3v) is 6.79. The topological polar surface area (TPSA) is 90.5 Å². The summed E-state index contributed by atoms with van der Waals surface area (Å²) in [5.74, 6) is 0.0740. The number of carbonyl (C=O) groups excluding carboxylic acids is 1. The highest BCUT2D eigenvalue weighted by Gasteiger charge is 2.38. The zero-order valence-electron chi connectivity index (χ0n) is 16.7. The van der Waals surface area contributed by atoms with Crippen molar-refractivity contribution < 1.29 is 9.72 Å². The second-order valence-electron chi connectivity index (χ2n) is 7.48. The Kier molecular flexibility index (Phi) is 5.22. The second kappa shape index (κ2) is 7.84. The van der Waals surface area contributed by atoms with Crippen LogP contribution in [0.2, 0.25) is 0 Å². The summed E-state index contributed by atoms with van der Waals surface area (Å²) in [4.78, 5) is 27.5. The number of nitrogens with zero attached hydrogens (tertiary/aromatic N) is 4. The van der Waals surface area contributed by atoms with Gasteiger partial charge in [0.05, 0.1) is 34.1 Å². The molecule has 0 spiro atoms. The number of non-ortho nitro benzene ring substituents is 1. The molecule has 0 bridgehead atoms. The molecule has 1 amide bonds. The average molecular weight is 420 g/mol. The lowest BCUT2D eigenvalue weighted by Gasteiger charge is -2.42. The van der Waals surface area contributed by atoms with Crippen LogP contribution in [0, 0.1) is 35.3 Å². The summed E-state index contributed by atoms with van der Waals surface area (Å²) >= 11 is 1.46. The van der Waals surface area contributed by atoms with E-state index in [9.17, 15) is 20.2 Å². The van der Waals surface area contributed by atoms with Gasteiger partial charge in [-0.2, -0.15) is 5.26 Å². The summed E-state index contributed by atoms with van der Waals surface area (Å²) in [5.41, 5.74) is 4.52. The highest BCUT2D eigenvalue weighted by Crippen LogP contribution is 2.43. The first-order valence-electron chi connectivity index (χ1n) is 9.53. The maximum atomic E-state index is 13.0. The van der Waals surface area contributed by atoms with Crippen LogP contribution >= 0.6 is 11.8 Å². The number of nitro groups is 1.